The third-order valence-electron chi connectivity index (χ3n) is 5.75. The second-order valence-corrected chi connectivity index (χ2v) is 9.55. The minimum absolute atomic E-state index is 0.260. The zero-order valence-corrected chi connectivity index (χ0v) is 22.4. The average Bonchev–Trinajstić information content (AvgIpc) is 3.47. The number of carbonyl (C=O) groups excluding carboxylic acids is 2. The van der Waals surface area contributed by atoms with Gasteiger partial charge in [-0.3, -0.25) is 9.59 Å². The highest BCUT2D eigenvalue weighted by Crippen LogP contribution is 2.27. The number of para-hydroxylation sites is 2. The van der Waals surface area contributed by atoms with Gasteiger partial charge in [-0.1, -0.05) is 42.5 Å². The Kier molecular flexibility index (Phi) is 8.72. The van der Waals surface area contributed by atoms with E-state index in [-0.39, 0.29) is 12.5 Å². The van der Waals surface area contributed by atoms with Crippen LogP contribution in [-0.2, 0) is 4.79 Å². The molecule has 0 saturated heterocycles. The van der Waals surface area contributed by atoms with Gasteiger partial charge in [-0.15, -0.1) is 11.3 Å². The lowest BCUT2D eigenvalue weighted by Crippen LogP contribution is -2.20. The van der Waals surface area contributed by atoms with Gasteiger partial charge in [-0.25, -0.2) is 14.8 Å². The van der Waals surface area contributed by atoms with E-state index >= 15 is 0 Å². The van der Waals surface area contributed by atoms with Crippen LogP contribution in [0.25, 0.3) is 11.3 Å². The average molecular weight is 566 g/mol. The van der Waals surface area contributed by atoms with Gasteiger partial charge in [0.2, 0.25) is 0 Å². The highest BCUT2D eigenvalue weighted by atomic mass is 32.1. The number of nitrogens with zero attached hydrogens (tertiary/aromatic N) is 2. The van der Waals surface area contributed by atoms with Crippen molar-refractivity contribution >= 4 is 45.9 Å². The summed E-state index contributed by atoms with van der Waals surface area (Å²) < 4.78 is 18.7. The molecule has 2 amide bonds. The number of aromatic nitrogens is 1. The van der Waals surface area contributed by atoms with Crippen LogP contribution in [0, 0.1) is 5.82 Å². The normalized spacial score (nSPS) is 10.8. The maximum Gasteiger partial charge on any atom is 0.271 e. The Balaban J connectivity index is 1.14. The third-order valence-corrected chi connectivity index (χ3v) is 6.51. The smallest absolute Gasteiger partial charge is 0.271 e. The summed E-state index contributed by atoms with van der Waals surface area (Å²) in [6.07, 6.45) is 1.44. The molecule has 41 heavy (non-hydrogen) atoms. The molecular weight excluding hydrogens is 541 g/mol. The van der Waals surface area contributed by atoms with Gasteiger partial charge >= 0.3 is 0 Å². The summed E-state index contributed by atoms with van der Waals surface area (Å²) in [5.74, 6) is -0.761. The standard InChI is InChI=1S/C31H24FN5O3S/c32-24-14-16-26(17-15-24)34-29(38)19-40-28-9-5-4-6-23(28)18-33-37-30(39)22-12-10-21(11-13-22)27-20-41-31(36-27)35-25-7-2-1-3-8-25/h1-18,20H,19H2,(H,34,38)(H,35,36)(H,37,39)/b33-18+. The van der Waals surface area contributed by atoms with Crippen molar-refractivity contribution in [3.05, 3.63) is 125 Å². The van der Waals surface area contributed by atoms with Crippen molar-refractivity contribution in [1.82, 2.24) is 10.4 Å². The molecule has 8 nitrogen and oxygen atoms in total. The fraction of sp³-hybridized carbons (Fsp3) is 0.0323. The van der Waals surface area contributed by atoms with E-state index in [1.54, 1.807) is 36.4 Å². The zero-order chi connectivity index (χ0) is 28.4. The number of carbonyl (C=O) groups is 2. The molecule has 204 valence electrons. The molecule has 0 fully saturated rings. The van der Waals surface area contributed by atoms with Crippen LogP contribution in [0.2, 0.25) is 0 Å². The molecule has 1 aromatic heterocycles. The molecular formula is C31H24FN5O3S. The number of rotatable bonds is 10. The number of ether oxygens (including phenoxy) is 1. The first-order valence-corrected chi connectivity index (χ1v) is 13.4. The highest BCUT2D eigenvalue weighted by Gasteiger charge is 2.09. The van der Waals surface area contributed by atoms with Crippen molar-refractivity contribution in [2.24, 2.45) is 5.10 Å². The Morgan fingerprint density at radius 1 is 0.878 bits per heavy atom. The van der Waals surface area contributed by atoms with Gasteiger partial charge < -0.3 is 15.4 Å². The van der Waals surface area contributed by atoms with Crippen LogP contribution in [0.3, 0.4) is 0 Å². The van der Waals surface area contributed by atoms with E-state index < -0.39 is 11.7 Å². The Bertz CT molecular complexity index is 1660. The quantitative estimate of drug-likeness (QED) is 0.133. The van der Waals surface area contributed by atoms with Crippen LogP contribution < -0.4 is 20.8 Å². The molecule has 5 rings (SSSR count). The number of nitrogens with one attached hydrogen (secondary N) is 3. The summed E-state index contributed by atoms with van der Waals surface area (Å²) in [5.41, 5.74) is 6.63. The van der Waals surface area contributed by atoms with Crippen LogP contribution in [0.5, 0.6) is 5.75 Å². The summed E-state index contributed by atoms with van der Waals surface area (Å²) >= 11 is 1.50. The number of anilines is 3. The fourth-order valence-corrected chi connectivity index (χ4v) is 4.46. The van der Waals surface area contributed by atoms with Crippen LogP contribution in [0.1, 0.15) is 15.9 Å². The molecule has 0 aliphatic carbocycles. The molecule has 5 aromatic rings. The number of hydrazone groups is 1. The van der Waals surface area contributed by atoms with E-state index in [9.17, 15) is 14.0 Å². The summed E-state index contributed by atoms with van der Waals surface area (Å²) in [5, 5.41) is 12.7. The van der Waals surface area contributed by atoms with Crippen LogP contribution >= 0.6 is 11.3 Å². The van der Waals surface area contributed by atoms with Gasteiger partial charge in [0.05, 0.1) is 11.9 Å². The van der Waals surface area contributed by atoms with Crippen molar-refractivity contribution < 1.29 is 18.7 Å². The topological polar surface area (TPSA) is 105 Å². The van der Waals surface area contributed by atoms with E-state index in [0.717, 1.165) is 22.1 Å². The van der Waals surface area contributed by atoms with E-state index in [1.807, 2.05) is 47.8 Å². The molecule has 0 unspecified atom stereocenters. The van der Waals surface area contributed by atoms with E-state index in [1.165, 1.54) is 41.8 Å². The van der Waals surface area contributed by atoms with E-state index in [0.29, 0.717) is 22.6 Å². The Hall–Kier alpha value is -5.35. The van der Waals surface area contributed by atoms with Gasteiger partial charge in [-0.05, 0) is 60.7 Å². The Morgan fingerprint density at radius 3 is 2.39 bits per heavy atom. The van der Waals surface area contributed by atoms with Crippen molar-refractivity contribution in [3.63, 3.8) is 0 Å². The first-order chi connectivity index (χ1) is 20.0. The van der Waals surface area contributed by atoms with Gasteiger partial charge in [0.1, 0.15) is 11.6 Å². The third kappa shape index (κ3) is 7.61. The SMILES string of the molecule is O=C(COc1ccccc1/C=N/NC(=O)c1ccc(-c2csc(Nc3ccccc3)n2)cc1)Nc1ccc(F)cc1. The molecule has 0 bridgehead atoms. The lowest BCUT2D eigenvalue weighted by Gasteiger charge is -2.09. The van der Waals surface area contributed by atoms with Crippen LogP contribution in [0.15, 0.2) is 114 Å². The lowest BCUT2D eigenvalue weighted by molar-refractivity contribution is -0.118. The molecule has 0 aliphatic rings. The lowest BCUT2D eigenvalue weighted by atomic mass is 10.1. The maximum atomic E-state index is 13.0. The Morgan fingerprint density at radius 2 is 1.61 bits per heavy atom. The minimum atomic E-state index is -0.401. The van der Waals surface area contributed by atoms with Crippen molar-refractivity contribution in [2.45, 2.75) is 0 Å². The molecule has 0 atom stereocenters. The first kappa shape index (κ1) is 27.2. The molecule has 0 aliphatic heterocycles. The molecule has 0 saturated carbocycles. The van der Waals surface area contributed by atoms with Gasteiger partial charge in [-0.2, -0.15) is 5.10 Å². The molecule has 0 spiro atoms. The summed E-state index contributed by atoms with van der Waals surface area (Å²) in [6.45, 7) is -0.260. The predicted molar refractivity (Wildman–Crippen MR) is 159 cm³/mol. The van der Waals surface area contributed by atoms with Gasteiger partial charge in [0, 0.05) is 33.4 Å². The molecule has 1 heterocycles. The second-order valence-electron chi connectivity index (χ2n) is 8.69. The number of amides is 2. The summed E-state index contributed by atoms with van der Waals surface area (Å²) in [7, 11) is 0. The fourth-order valence-electron chi connectivity index (χ4n) is 3.72. The van der Waals surface area contributed by atoms with Crippen molar-refractivity contribution in [3.8, 4) is 17.0 Å². The first-order valence-electron chi connectivity index (χ1n) is 12.5. The molecule has 4 aromatic carbocycles. The highest BCUT2D eigenvalue weighted by molar-refractivity contribution is 7.14. The maximum absolute atomic E-state index is 13.0. The van der Waals surface area contributed by atoms with Crippen molar-refractivity contribution in [2.75, 3.05) is 17.2 Å². The Labute approximate surface area is 239 Å². The largest absolute Gasteiger partial charge is 0.483 e. The second kappa shape index (κ2) is 13.1. The summed E-state index contributed by atoms with van der Waals surface area (Å²) in [6, 6.07) is 29.3. The summed E-state index contributed by atoms with van der Waals surface area (Å²) in [4.78, 5) is 29.5. The number of benzene rings is 4. The number of hydrogen-bond acceptors (Lipinski definition) is 7. The van der Waals surface area contributed by atoms with E-state index in [4.69, 9.17) is 4.74 Å². The number of halogens is 1. The van der Waals surface area contributed by atoms with Gasteiger partial charge in [0.25, 0.3) is 11.8 Å². The monoisotopic (exact) mass is 565 g/mol. The minimum Gasteiger partial charge on any atom is -0.483 e. The van der Waals surface area contributed by atoms with E-state index in [2.05, 4.69) is 26.1 Å². The number of hydrogen-bond donors (Lipinski definition) is 3. The van der Waals surface area contributed by atoms with Crippen molar-refractivity contribution in [1.29, 1.82) is 0 Å². The van der Waals surface area contributed by atoms with Crippen LogP contribution in [-0.4, -0.2) is 29.6 Å². The zero-order valence-electron chi connectivity index (χ0n) is 21.6. The van der Waals surface area contributed by atoms with Gasteiger partial charge in [0.15, 0.2) is 11.7 Å². The molecule has 3 N–H and O–H groups in total. The molecule has 10 heteroatoms. The number of thiazole rings is 1. The predicted octanol–water partition coefficient (Wildman–Crippen LogP) is 6.47. The molecule has 0 radical (unpaired) electrons. The van der Waals surface area contributed by atoms with Crippen LogP contribution in [0.4, 0.5) is 20.9 Å².